The van der Waals surface area contributed by atoms with Crippen LogP contribution in [0, 0.1) is 0 Å². The molecule has 1 amide bonds. The van der Waals surface area contributed by atoms with Gasteiger partial charge in [0.2, 0.25) is 11.8 Å². The lowest BCUT2D eigenvalue weighted by Crippen LogP contribution is -2.51. The van der Waals surface area contributed by atoms with Gasteiger partial charge in [0.05, 0.1) is 19.0 Å². The lowest BCUT2D eigenvalue weighted by molar-refractivity contribution is -0.135. The molecular weight excluding hydrogens is 370 g/mol. The molecule has 9 heteroatoms. The maximum Gasteiger partial charge on any atom is 0.248 e. The fourth-order valence-corrected chi connectivity index (χ4v) is 3.52. The Labute approximate surface area is 168 Å². The molecule has 1 atom stereocenters. The number of anilines is 1. The van der Waals surface area contributed by atoms with Gasteiger partial charge in [-0.1, -0.05) is 30.3 Å². The van der Waals surface area contributed by atoms with Crippen molar-refractivity contribution in [1.82, 2.24) is 30.1 Å². The second kappa shape index (κ2) is 8.68. The van der Waals surface area contributed by atoms with Crippen molar-refractivity contribution in [1.29, 1.82) is 0 Å². The van der Waals surface area contributed by atoms with Crippen LogP contribution in [-0.2, 0) is 11.2 Å². The van der Waals surface area contributed by atoms with E-state index in [0.29, 0.717) is 25.4 Å². The van der Waals surface area contributed by atoms with Crippen LogP contribution < -0.4 is 9.64 Å². The highest BCUT2D eigenvalue weighted by atomic mass is 16.5. The van der Waals surface area contributed by atoms with Gasteiger partial charge in [0.15, 0.2) is 0 Å². The summed E-state index contributed by atoms with van der Waals surface area (Å²) in [6.07, 6.45) is 3.85. The Balaban J connectivity index is 1.43. The molecule has 9 nitrogen and oxygen atoms in total. The number of methoxy groups -OCH3 is 1. The fourth-order valence-electron chi connectivity index (χ4n) is 3.52. The van der Waals surface area contributed by atoms with Gasteiger partial charge in [0, 0.05) is 38.7 Å². The van der Waals surface area contributed by atoms with Crippen molar-refractivity contribution in [3.8, 4) is 5.88 Å². The Kier molecular flexibility index (Phi) is 5.64. The van der Waals surface area contributed by atoms with E-state index in [-0.39, 0.29) is 5.91 Å². The summed E-state index contributed by atoms with van der Waals surface area (Å²) < 4.78 is 6.67. The molecule has 3 heterocycles. The summed E-state index contributed by atoms with van der Waals surface area (Å²) in [7, 11) is 1.60. The molecule has 0 bridgehead atoms. The Morgan fingerprint density at radius 1 is 1.10 bits per heavy atom. The zero-order valence-electron chi connectivity index (χ0n) is 16.3. The maximum absolute atomic E-state index is 13.3. The lowest BCUT2D eigenvalue weighted by Gasteiger charge is -2.37. The van der Waals surface area contributed by atoms with Gasteiger partial charge in [-0.05, 0) is 22.1 Å². The minimum absolute atomic E-state index is 0.0358. The van der Waals surface area contributed by atoms with Crippen molar-refractivity contribution in [3.63, 3.8) is 0 Å². The number of tetrazole rings is 1. The van der Waals surface area contributed by atoms with E-state index in [1.165, 1.54) is 6.33 Å². The minimum atomic E-state index is -0.457. The van der Waals surface area contributed by atoms with Crippen LogP contribution in [0.1, 0.15) is 11.6 Å². The van der Waals surface area contributed by atoms with E-state index in [4.69, 9.17) is 4.74 Å². The highest BCUT2D eigenvalue weighted by Gasteiger charge is 2.30. The summed E-state index contributed by atoms with van der Waals surface area (Å²) in [6, 6.07) is 13.3. The Morgan fingerprint density at radius 3 is 2.52 bits per heavy atom. The summed E-state index contributed by atoms with van der Waals surface area (Å²) in [5.74, 6) is 0.626. The fraction of sp³-hybridized carbons (Fsp3) is 0.350. The highest BCUT2D eigenvalue weighted by molar-refractivity contribution is 5.81. The predicted molar refractivity (Wildman–Crippen MR) is 107 cm³/mol. The summed E-state index contributed by atoms with van der Waals surface area (Å²) in [6.45, 7) is 2.76. The van der Waals surface area contributed by atoms with Gasteiger partial charge < -0.3 is 14.5 Å². The van der Waals surface area contributed by atoms with Crippen LogP contribution in [0.2, 0.25) is 0 Å². The molecule has 0 aliphatic carbocycles. The average molecular weight is 393 g/mol. The number of benzene rings is 1. The third kappa shape index (κ3) is 4.34. The number of nitrogens with zero attached hydrogens (tertiary/aromatic N) is 7. The molecule has 1 aromatic carbocycles. The zero-order chi connectivity index (χ0) is 20.1. The first-order chi connectivity index (χ1) is 14.2. The van der Waals surface area contributed by atoms with Gasteiger partial charge in [0.1, 0.15) is 12.4 Å². The lowest BCUT2D eigenvalue weighted by atomic mass is 10.0. The third-order valence-corrected chi connectivity index (χ3v) is 5.13. The Morgan fingerprint density at radius 2 is 1.90 bits per heavy atom. The summed E-state index contributed by atoms with van der Waals surface area (Å²) in [5.41, 5.74) is 2.10. The molecule has 29 heavy (non-hydrogen) atoms. The number of rotatable bonds is 6. The van der Waals surface area contributed by atoms with Gasteiger partial charge in [-0.15, -0.1) is 5.10 Å². The summed E-state index contributed by atoms with van der Waals surface area (Å²) >= 11 is 0. The first-order valence-electron chi connectivity index (χ1n) is 9.55. The van der Waals surface area contributed by atoms with Crippen LogP contribution in [0.5, 0.6) is 5.88 Å². The van der Waals surface area contributed by atoms with Gasteiger partial charge in [-0.3, -0.25) is 4.79 Å². The Bertz CT molecular complexity index is 908. The number of piperazine rings is 1. The largest absolute Gasteiger partial charge is 0.481 e. The van der Waals surface area contributed by atoms with E-state index < -0.39 is 6.04 Å². The molecule has 1 aliphatic heterocycles. The van der Waals surface area contributed by atoms with E-state index in [0.717, 1.165) is 24.3 Å². The van der Waals surface area contributed by atoms with Crippen molar-refractivity contribution in [3.05, 3.63) is 60.6 Å². The van der Waals surface area contributed by atoms with E-state index in [1.807, 2.05) is 47.4 Å². The van der Waals surface area contributed by atoms with Gasteiger partial charge in [0.25, 0.3) is 0 Å². The molecule has 2 aromatic heterocycles. The van der Waals surface area contributed by atoms with Gasteiger partial charge in [-0.2, -0.15) is 0 Å². The first kappa shape index (κ1) is 18.9. The molecule has 1 saturated heterocycles. The molecular formula is C20H23N7O2. The average Bonchev–Trinajstić information content (AvgIpc) is 3.32. The topological polar surface area (TPSA) is 89.3 Å². The van der Waals surface area contributed by atoms with E-state index in [1.54, 1.807) is 18.0 Å². The quantitative estimate of drug-likeness (QED) is 0.622. The van der Waals surface area contributed by atoms with Crippen LogP contribution in [0.4, 0.5) is 5.69 Å². The number of hydrogen-bond acceptors (Lipinski definition) is 7. The van der Waals surface area contributed by atoms with Crippen LogP contribution in [0.3, 0.4) is 0 Å². The SMILES string of the molecule is COc1ccc(N2CCN(C(=O)C(Cc3ccccc3)n3cnnn3)CC2)cn1. The second-order valence-electron chi connectivity index (χ2n) is 6.87. The number of carbonyl (C=O) groups is 1. The van der Waals surface area contributed by atoms with Crippen LogP contribution >= 0.6 is 0 Å². The van der Waals surface area contributed by atoms with Crippen LogP contribution in [0.15, 0.2) is 55.0 Å². The monoisotopic (exact) mass is 393 g/mol. The van der Waals surface area contributed by atoms with Crippen LogP contribution in [-0.4, -0.2) is 69.3 Å². The van der Waals surface area contributed by atoms with Crippen LogP contribution in [0.25, 0.3) is 0 Å². The maximum atomic E-state index is 13.3. The number of carbonyl (C=O) groups excluding carboxylic acids is 1. The molecule has 0 radical (unpaired) electrons. The number of hydrogen-bond donors (Lipinski definition) is 0. The second-order valence-corrected chi connectivity index (χ2v) is 6.87. The molecule has 0 N–H and O–H groups in total. The van der Waals surface area contributed by atoms with Crippen molar-refractivity contribution in [2.75, 3.05) is 38.2 Å². The Hall–Kier alpha value is -3.49. The van der Waals surface area contributed by atoms with Gasteiger partial charge >= 0.3 is 0 Å². The molecule has 0 spiro atoms. The number of pyridine rings is 1. The summed E-state index contributed by atoms with van der Waals surface area (Å²) in [5, 5.41) is 11.4. The molecule has 0 saturated carbocycles. The molecule has 1 unspecified atom stereocenters. The highest BCUT2D eigenvalue weighted by Crippen LogP contribution is 2.21. The normalized spacial score (nSPS) is 15.2. The number of amides is 1. The first-order valence-corrected chi connectivity index (χ1v) is 9.55. The third-order valence-electron chi connectivity index (χ3n) is 5.13. The zero-order valence-corrected chi connectivity index (χ0v) is 16.3. The molecule has 1 fully saturated rings. The van der Waals surface area contributed by atoms with Crippen molar-refractivity contribution in [2.45, 2.75) is 12.5 Å². The van der Waals surface area contributed by atoms with Crippen molar-refractivity contribution >= 4 is 11.6 Å². The standard InChI is InChI=1S/C20H23N7O2/c1-29-19-8-7-17(14-21-19)25-9-11-26(12-10-25)20(28)18(27-15-22-23-24-27)13-16-5-3-2-4-6-16/h2-8,14-15,18H,9-13H2,1H3. The molecule has 150 valence electrons. The predicted octanol–water partition coefficient (Wildman–Crippen LogP) is 1.21. The minimum Gasteiger partial charge on any atom is -0.481 e. The van der Waals surface area contributed by atoms with Crippen molar-refractivity contribution < 1.29 is 9.53 Å². The van der Waals surface area contributed by atoms with E-state index >= 15 is 0 Å². The number of ether oxygens (including phenoxy) is 1. The molecule has 1 aliphatic rings. The molecule has 3 aromatic rings. The summed E-state index contributed by atoms with van der Waals surface area (Å²) in [4.78, 5) is 21.7. The van der Waals surface area contributed by atoms with Crippen molar-refractivity contribution in [2.24, 2.45) is 0 Å². The smallest absolute Gasteiger partial charge is 0.248 e. The number of aromatic nitrogens is 5. The van der Waals surface area contributed by atoms with E-state index in [9.17, 15) is 4.79 Å². The van der Waals surface area contributed by atoms with E-state index in [2.05, 4.69) is 25.4 Å². The molecule has 4 rings (SSSR count). The van der Waals surface area contributed by atoms with Gasteiger partial charge in [-0.25, -0.2) is 9.67 Å².